The Bertz CT molecular complexity index is 1310. The fourth-order valence-electron chi connectivity index (χ4n) is 3.57. The molecule has 0 bridgehead atoms. The average molecular weight is 549 g/mol. The van der Waals surface area contributed by atoms with Crippen molar-refractivity contribution in [3.63, 3.8) is 0 Å². The number of rotatable bonds is 12. The Labute approximate surface area is 221 Å². The van der Waals surface area contributed by atoms with E-state index in [1.165, 1.54) is 0 Å². The third-order valence-corrected chi connectivity index (χ3v) is 6.65. The number of nitrogens with one attached hydrogen (secondary N) is 1. The Balaban J connectivity index is 1.74. The molecule has 1 heterocycles. The lowest BCUT2D eigenvalue weighted by molar-refractivity contribution is -0.135. The maximum Gasteiger partial charge on any atom is 0.371 e. The molecule has 0 aliphatic rings. The zero-order chi connectivity index (χ0) is 27.8. The van der Waals surface area contributed by atoms with Gasteiger partial charge in [-0.15, -0.1) is 11.3 Å². The van der Waals surface area contributed by atoms with Crippen LogP contribution in [0.25, 0.3) is 17.3 Å². The summed E-state index contributed by atoms with van der Waals surface area (Å²) in [5.41, 5.74) is -0.136. The summed E-state index contributed by atoms with van der Waals surface area (Å²) in [5.74, 6) is -5.42. The molecule has 202 valence electrons. The second kappa shape index (κ2) is 13.2. The predicted octanol–water partition coefficient (Wildman–Crippen LogP) is 6.50. The Morgan fingerprint density at radius 1 is 1.16 bits per heavy atom. The molecule has 0 aliphatic heterocycles. The molecule has 0 radical (unpaired) electrons. The number of aromatic nitrogens is 1. The van der Waals surface area contributed by atoms with Crippen molar-refractivity contribution in [3.8, 4) is 11.3 Å². The van der Waals surface area contributed by atoms with E-state index < -0.39 is 40.7 Å². The lowest BCUT2D eigenvalue weighted by Gasteiger charge is -2.13. The number of benzene rings is 2. The van der Waals surface area contributed by atoms with Crippen LogP contribution in [0.15, 0.2) is 41.5 Å². The summed E-state index contributed by atoms with van der Waals surface area (Å²) in [7, 11) is 1.05. The molecule has 1 amide bonds. The quantitative estimate of drug-likeness (QED) is 0.198. The van der Waals surface area contributed by atoms with Crippen LogP contribution < -0.4 is 5.32 Å². The molecule has 1 aromatic heterocycles. The largest absolute Gasteiger partial charge is 0.490 e. The second-order valence-corrected chi connectivity index (χ2v) is 9.20. The number of amides is 1. The normalized spacial score (nSPS) is 11.6. The molecule has 3 aromatic rings. The van der Waals surface area contributed by atoms with Crippen molar-refractivity contribution in [2.45, 2.75) is 33.3 Å². The standard InChI is InChI=1S/C27H27F3N2O5S/c1-4-15(5-2)12-37-13-16-7-6-8-18(24(16)30)22-14-38-27(31-22)32-25(33)17-9-20(28)19(21(29)10-17)11-23(36-3)26(34)35/h6-11,14-15H,4-5,12-13H2,1-3H3,(H,34,35)(H,31,32,33)/b23-11+. The van der Waals surface area contributed by atoms with Gasteiger partial charge < -0.3 is 14.6 Å². The van der Waals surface area contributed by atoms with E-state index in [2.05, 4.69) is 28.9 Å². The van der Waals surface area contributed by atoms with Gasteiger partial charge in [0.1, 0.15) is 17.5 Å². The number of hydrogen-bond acceptors (Lipinski definition) is 6. The summed E-state index contributed by atoms with van der Waals surface area (Å²) in [6.07, 6.45) is 2.64. The van der Waals surface area contributed by atoms with Crippen molar-refractivity contribution in [2.24, 2.45) is 5.92 Å². The molecule has 0 unspecified atom stereocenters. The van der Waals surface area contributed by atoms with Crippen LogP contribution >= 0.6 is 11.3 Å². The molecule has 0 atom stereocenters. The highest BCUT2D eigenvalue weighted by molar-refractivity contribution is 7.14. The maximum atomic E-state index is 15.1. The van der Waals surface area contributed by atoms with Crippen LogP contribution in [0.2, 0.25) is 0 Å². The van der Waals surface area contributed by atoms with E-state index in [-0.39, 0.29) is 28.6 Å². The third-order valence-electron chi connectivity index (χ3n) is 5.89. The number of methoxy groups -OCH3 is 1. The molecular formula is C27H27F3N2O5S. The number of carboxylic acids is 1. The minimum Gasteiger partial charge on any atom is -0.490 e. The first-order valence-corrected chi connectivity index (χ1v) is 12.7. The molecule has 7 nitrogen and oxygen atoms in total. The van der Waals surface area contributed by atoms with Crippen molar-refractivity contribution in [1.29, 1.82) is 0 Å². The summed E-state index contributed by atoms with van der Waals surface area (Å²) >= 11 is 1.02. The van der Waals surface area contributed by atoms with Gasteiger partial charge in [0.25, 0.3) is 5.91 Å². The van der Waals surface area contributed by atoms with E-state index in [9.17, 15) is 18.4 Å². The molecule has 0 saturated heterocycles. The van der Waals surface area contributed by atoms with E-state index in [0.29, 0.717) is 24.2 Å². The fraction of sp³-hybridized carbons (Fsp3) is 0.296. The zero-order valence-electron chi connectivity index (χ0n) is 21.0. The van der Waals surface area contributed by atoms with Crippen LogP contribution in [0, 0.1) is 23.4 Å². The monoisotopic (exact) mass is 548 g/mol. The smallest absolute Gasteiger partial charge is 0.371 e. The van der Waals surface area contributed by atoms with Gasteiger partial charge in [0.2, 0.25) is 5.76 Å². The van der Waals surface area contributed by atoms with Gasteiger partial charge in [-0.2, -0.15) is 0 Å². The topological polar surface area (TPSA) is 97.8 Å². The van der Waals surface area contributed by atoms with E-state index in [1.807, 2.05) is 0 Å². The number of carbonyl (C=O) groups excluding carboxylic acids is 1. The van der Waals surface area contributed by atoms with Crippen LogP contribution in [0.1, 0.15) is 48.2 Å². The number of ether oxygens (including phenoxy) is 2. The van der Waals surface area contributed by atoms with Crippen molar-refractivity contribution in [1.82, 2.24) is 4.98 Å². The highest BCUT2D eigenvalue weighted by Crippen LogP contribution is 2.29. The van der Waals surface area contributed by atoms with Crippen LogP contribution in [0.4, 0.5) is 18.3 Å². The van der Waals surface area contributed by atoms with Crippen molar-refractivity contribution < 1.29 is 37.3 Å². The molecular weight excluding hydrogens is 521 g/mol. The van der Waals surface area contributed by atoms with Crippen molar-refractivity contribution in [3.05, 3.63) is 75.6 Å². The SMILES string of the molecule is CCC(CC)COCc1cccc(-c2csc(NC(=O)c3cc(F)c(/C=C(/OC)C(=O)O)c(F)c3)n2)c1F. The van der Waals surface area contributed by atoms with E-state index in [4.69, 9.17) is 9.84 Å². The van der Waals surface area contributed by atoms with Gasteiger partial charge in [-0.3, -0.25) is 10.1 Å². The third kappa shape index (κ3) is 6.99. The molecule has 0 saturated carbocycles. The minimum atomic E-state index is -1.51. The Morgan fingerprint density at radius 3 is 2.45 bits per heavy atom. The number of hydrogen-bond donors (Lipinski definition) is 2. The highest BCUT2D eigenvalue weighted by atomic mass is 32.1. The summed E-state index contributed by atoms with van der Waals surface area (Å²) < 4.78 is 54.4. The number of nitrogens with zero attached hydrogens (tertiary/aromatic N) is 1. The van der Waals surface area contributed by atoms with Gasteiger partial charge in [-0.1, -0.05) is 38.8 Å². The minimum absolute atomic E-state index is 0.0946. The van der Waals surface area contributed by atoms with Gasteiger partial charge in [0, 0.05) is 40.3 Å². The zero-order valence-corrected chi connectivity index (χ0v) is 21.8. The second-order valence-electron chi connectivity index (χ2n) is 8.34. The summed E-state index contributed by atoms with van der Waals surface area (Å²) in [5, 5.41) is 13.1. The van der Waals surface area contributed by atoms with Gasteiger partial charge >= 0.3 is 5.97 Å². The van der Waals surface area contributed by atoms with Gasteiger partial charge in [-0.05, 0) is 24.1 Å². The van der Waals surface area contributed by atoms with Crippen LogP contribution in [-0.2, 0) is 20.9 Å². The first kappa shape index (κ1) is 28.9. The number of anilines is 1. The Kier molecular flexibility index (Phi) is 10.0. The molecule has 2 aromatic carbocycles. The first-order chi connectivity index (χ1) is 18.2. The Hall–Kier alpha value is -3.70. The van der Waals surface area contributed by atoms with E-state index >= 15 is 4.39 Å². The Morgan fingerprint density at radius 2 is 1.84 bits per heavy atom. The fourth-order valence-corrected chi connectivity index (χ4v) is 4.27. The van der Waals surface area contributed by atoms with Crippen LogP contribution in [0.5, 0.6) is 0 Å². The van der Waals surface area contributed by atoms with Crippen molar-refractivity contribution in [2.75, 3.05) is 19.0 Å². The summed E-state index contributed by atoms with van der Waals surface area (Å²) in [4.78, 5) is 27.9. The first-order valence-electron chi connectivity index (χ1n) is 11.8. The lowest BCUT2D eigenvalue weighted by Crippen LogP contribution is -2.13. The van der Waals surface area contributed by atoms with Gasteiger partial charge in [0.05, 0.1) is 19.4 Å². The highest BCUT2D eigenvalue weighted by Gasteiger charge is 2.19. The average Bonchev–Trinajstić information content (AvgIpc) is 3.35. The number of carboxylic acid groups (broad SMARTS) is 1. The van der Waals surface area contributed by atoms with Gasteiger partial charge in [0.15, 0.2) is 5.13 Å². The maximum absolute atomic E-state index is 15.1. The van der Waals surface area contributed by atoms with E-state index in [1.54, 1.807) is 23.6 Å². The molecule has 2 N–H and O–H groups in total. The van der Waals surface area contributed by atoms with Crippen LogP contribution in [0.3, 0.4) is 0 Å². The van der Waals surface area contributed by atoms with E-state index in [0.717, 1.165) is 43.4 Å². The number of thiazole rings is 1. The molecule has 0 aliphatic carbocycles. The predicted molar refractivity (Wildman–Crippen MR) is 138 cm³/mol. The number of aliphatic carboxylic acids is 1. The lowest BCUT2D eigenvalue weighted by atomic mass is 10.1. The van der Waals surface area contributed by atoms with Crippen LogP contribution in [-0.4, -0.2) is 35.7 Å². The molecule has 11 heteroatoms. The molecule has 0 spiro atoms. The van der Waals surface area contributed by atoms with Gasteiger partial charge in [-0.25, -0.2) is 22.9 Å². The molecule has 0 fully saturated rings. The molecule has 38 heavy (non-hydrogen) atoms. The number of carbonyl (C=O) groups is 2. The number of halogens is 3. The summed E-state index contributed by atoms with van der Waals surface area (Å²) in [6, 6.07) is 6.40. The van der Waals surface area contributed by atoms with Crippen molar-refractivity contribution >= 4 is 34.4 Å². The summed E-state index contributed by atoms with van der Waals surface area (Å²) in [6.45, 7) is 4.81. The molecule has 3 rings (SSSR count).